The summed E-state index contributed by atoms with van der Waals surface area (Å²) >= 11 is 0. The summed E-state index contributed by atoms with van der Waals surface area (Å²) in [6.07, 6.45) is 2.05. The molecule has 7 heteroatoms. The zero-order valence-corrected chi connectivity index (χ0v) is 11.5. The van der Waals surface area contributed by atoms with Gasteiger partial charge in [0, 0.05) is 19.2 Å². The van der Waals surface area contributed by atoms with Gasteiger partial charge in [-0.2, -0.15) is 0 Å². The van der Waals surface area contributed by atoms with E-state index in [4.69, 9.17) is 9.47 Å². The molecule has 0 aliphatic carbocycles. The summed E-state index contributed by atoms with van der Waals surface area (Å²) < 4.78 is 36.4. The van der Waals surface area contributed by atoms with E-state index in [-0.39, 0.29) is 31.0 Å². The Morgan fingerprint density at radius 3 is 2.95 bits per heavy atom. The quantitative estimate of drug-likeness (QED) is 0.788. The van der Waals surface area contributed by atoms with Crippen LogP contribution in [0.25, 0.3) is 0 Å². The van der Waals surface area contributed by atoms with Gasteiger partial charge in [-0.3, -0.25) is 0 Å². The summed E-state index contributed by atoms with van der Waals surface area (Å²) in [6.45, 7) is 1.52. The highest BCUT2D eigenvalue weighted by molar-refractivity contribution is 5.73. The van der Waals surface area contributed by atoms with Gasteiger partial charge in [-0.25, -0.2) is 13.6 Å². The molecule has 0 radical (unpaired) electrons. The van der Waals surface area contributed by atoms with E-state index in [0.29, 0.717) is 6.54 Å². The topological polar surface area (TPSA) is 59.6 Å². The first kappa shape index (κ1) is 15.5. The summed E-state index contributed by atoms with van der Waals surface area (Å²) in [5.41, 5.74) is 0. The number of amides is 2. The predicted octanol–water partition coefficient (Wildman–Crippen LogP) is 1.82. The molecule has 1 unspecified atom stereocenters. The van der Waals surface area contributed by atoms with Gasteiger partial charge < -0.3 is 20.1 Å². The van der Waals surface area contributed by atoms with Crippen molar-refractivity contribution in [3.8, 4) is 5.75 Å². The Balaban J connectivity index is 1.59. The van der Waals surface area contributed by atoms with Crippen LogP contribution in [0.15, 0.2) is 18.2 Å². The van der Waals surface area contributed by atoms with E-state index in [1.165, 1.54) is 6.07 Å². The van der Waals surface area contributed by atoms with Crippen molar-refractivity contribution in [2.45, 2.75) is 18.9 Å². The molecule has 1 saturated heterocycles. The maximum absolute atomic E-state index is 13.3. The SMILES string of the molecule is O=C(NCCOc1ccc(F)cc1F)NCC1CCCO1. The molecule has 2 amide bonds. The fourth-order valence-electron chi connectivity index (χ4n) is 1.99. The van der Waals surface area contributed by atoms with Crippen molar-refractivity contribution in [2.75, 3.05) is 26.3 Å². The number of nitrogens with one attached hydrogen (secondary N) is 2. The van der Waals surface area contributed by atoms with Crippen molar-refractivity contribution in [2.24, 2.45) is 0 Å². The standard InChI is InChI=1S/C14H18F2N2O3/c15-10-3-4-13(12(16)8-10)21-7-5-17-14(19)18-9-11-2-1-6-20-11/h3-4,8,11H,1-2,5-7,9H2,(H2,17,18,19). The second-order valence-corrected chi connectivity index (χ2v) is 4.70. The lowest BCUT2D eigenvalue weighted by molar-refractivity contribution is 0.111. The summed E-state index contributed by atoms with van der Waals surface area (Å²) in [5.74, 6) is -1.47. The van der Waals surface area contributed by atoms with Crippen molar-refractivity contribution >= 4 is 6.03 Å². The van der Waals surface area contributed by atoms with Gasteiger partial charge in [0.15, 0.2) is 11.6 Å². The first-order valence-corrected chi connectivity index (χ1v) is 6.86. The number of urea groups is 1. The molecule has 1 aromatic carbocycles. The zero-order valence-electron chi connectivity index (χ0n) is 11.5. The zero-order chi connectivity index (χ0) is 15.1. The average molecular weight is 300 g/mol. The highest BCUT2D eigenvalue weighted by Crippen LogP contribution is 2.17. The van der Waals surface area contributed by atoms with Crippen molar-refractivity contribution < 1.29 is 23.0 Å². The molecule has 5 nitrogen and oxygen atoms in total. The van der Waals surface area contributed by atoms with Crippen molar-refractivity contribution in [3.63, 3.8) is 0 Å². The van der Waals surface area contributed by atoms with Crippen LogP contribution < -0.4 is 15.4 Å². The van der Waals surface area contributed by atoms with E-state index in [0.717, 1.165) is 31.6 Å². The number of ether oxygens (including phenoxy) is 2. The first-order chi connectivity index (χ1) is 10.1. The number of carbonyl (C=O) groups excluding carboxylic acids is 1. The van der Waals surface area contributed by atoms with Crippen LogP contribution in [-0.4, -0.2) is 38.4 Å². The number of hydrogen-bond acceptors (Lipinski definition) is 3. The molecular weight excluding hydrogens is 282 g/mol. The van der Waals surface area contributed by atoms with Crippen LogP contribution in [0.2, 0.25) is 0 Å². The molecule has 1 aromatic rings. The fourth-order valence-corrected chi connectivity index (χ4v) is 1.99. The third-order valence-electron chi connectivity index (χ3n) is 3.05. The van der Waals surface area contributed by atoms with Gasteiger partial charge in [0.25, 0.3) is 0 Å². The lowest BCUT2D eigenvalue weighted by Gasteiger charge is -2.12. The summed E-state index contributed by atoms with van der Waals surface area (Å²) in [6, 6.07) is 2.74. The summed E-state index contributed by atoms with van der Waals surface area (Å²) in [5, 5.41) is 5.27. The number of carbonyl (C=O) groups is 1. The highest BCUT2D eigenvalue weighted by Gasteiger charge is 2.15. The minimum Gasteiger partial charge on any atom is -0.489 e. The molecule has 0 saturated carbocycles. The molecule has 1 fully saturated rings. The molecule has 116 valence electrons. The van der Waals surface area contributed by atoms with Crippen molar-refractivity contribution in [3.05, 3.63) is 29.8 Å². The largest absolute Gasteiger partial charge is 0.489 e. The maximum atomic E-state index is 13.3. The van der Waals surface area contributed by atoms with Crippen LogP contribution in [0.4, 0.5) is 13.6 Å². The molecule has 1 aliphatic heterocycles. The van der Waals surface area contributed by atoms with Crippen LogP contribution in [0.5, 0.6) is 5.75 Å². The van der Waals surface area contributed by atoms with E-state index in [1.807, 2.05) is 0 Å². The van der Waals surface area contributed by atoms with Crippen LogP contribution in [0.1, 0.15) is 12.8 Å². The van der Waals surface area contributed by atoms with Crippen molar-refractivity contribution in [1.29, 1.82) is 0 Å². The van der Waals surface area contributed by atoms with E-state index < -0.39 is 11.6 Å². The Morgan fingerprint density at radius 2 is 2.24 bits per heavy atom. The molecule has 1 heterocycles. The first-order valence-electron chi connectivity index (χ1n) is 6.86. The Morgan fingerprint density at radius 1 is 1.38 bits per heavy atom. The molecule has 0 aromatic heterocycles. The van der Waals surface area contributed by atoms with Gasteiger partial charge in [-0.05, 0) is 25.0 Å². The number of hydrogen-bond donors (Lipinski definition) is 2. The third-order valence-corrected chi connectivity index (χ3v) is 3.05. The summed E-state index contributed by atoms with van der Waals surface area (Å²) in [4.78, 5) is 11.5. The smallest absolute Gasteiger partial charge is 0.315 e. The van der Waals surface area contributed by atoms with Crippen LogP contribution in [0.3, 0.4) is 0 Å². The van der Waals surface area contributed by atoms with Gasteiger partial charge in [-0.1, -0.05) is 0 Å². The normalized spacial score (nSPS) is 17.5. The molecule has 1 atom stereocenters. The lowest BCUT2D eigenvalue weighted by Crippen LogP contribution is -2.41. The predicted molar refractivity (Wildman–Crippen MR) is 72.2 cm³/mol. The Labute approximate surface area is 121 Å². The lowest BCUT2D eigenvalue weighted by atomic mass is 10.2. The molecule has 21 heavy (non-hydrogen) atoms. The molecule has 2 N–H and O–H groups in total. The van der Waals surface area contributed by atoms with Crippen LogP contribution in [0, 0.1) is 11.6 Å². The number of rotatable bonds is 6. The second-order valence-electron chi connectivity index (χ2n) is 4.70. The Bertz CT molecular complexity index is 479. The minimum absolute atomic E-state index is 0.0436. The Kier molecular flexibility index (Phi) is 5.74. The van der Waals surface area contributed by atoms with Gasteiger partial charge in [0.05, 0.1) is 12.6 Å². The van der Waals surface area contributed by atoms with E-state index in [2.05, 4.69) is 10.6 Å². The second kappa shape index (κ2) is 7.78. The maximum Gasteiger partial charge on any atom is 0.315 e. The van der Waals surface area contributed by atoms with Gasteiger partial charge in [0.1, 0.15) is 12.4 Å². The van der Waals surface area contributed by atoms with E-state index >= 15 is 0 Å². The van der Waals surface area contributed by atoms with E-state index in [9.17, 15) is 13.6 Å². The van der Waals surface area contributed by atoms with Gasteiger partial charge >= 0.3 is 6.03 Å². The van der Waals surface area contributed by atoms with Gasteiger partial charge in [0.2, 0.25) is 0 Å². The molecule has 2 rings (SSSR count). The number of benzene rings is 1. The number of halogens is 2. The molecule has 1 aliphatic rings. The molecule has 0 bridgehead atoms. The van der Waals surface area contributed by atoms with Crippen LogP contribution >= 0.6 is 0 Å². The van der Waals surface area contributed by atoms with E-state index in [1.54, 1.807) is 0 Å². The fraction of sp³-hybridized carbons (Fsp3) is 0.500. The summed E-state index contributed by atoms with van der Waals surface area (Å²) in [7, 11) is 0. The monoisotopic (exact) mass is 300 g/mol. The van der Waals surface area contributed by atoms with Crippen LogP contribution in [-0.2, 0) is 4.74 Å². The third kappa shape index (κ3) is 5.18. The minimum atomic E-state index is -0.766. The Hall–Kier alpha value is -1.89. The van der Waals surface area contributed by atoms with Crippen molar-refractivity contribution in [1.82, 2.24) is 10.6 Å². The average Bonchev–Trinajstić information content (AvgIpc) is 2.96. The molecular formula is C14H18F2N2O3. The highest BCUT2D eigenvalue weighted by atomic mass is 19.1. The van der Waals surface area contributed by atoms with Gasteiger partial charge in [-0.15, -0.1) is 0 Å². The molecule has 0 spiro atoms.